The number of rotatable bonds is 6. The highest BCUT2D eigenvalue weighted by Crippen LogP contribution is 2.22. The average molecular weight is 400 g/mol. The summed E-state index contributed by atoms with van der Waals surface area (Å²) < 4.78 is 7.59. The molecule has 30 heavy (non-hydrogen) atoms. The number of hydrogen-bond donors (Lipinski definition) is 1. The van der Waals surface area contributed by atoms with Crippen LogP contribution >= 0.6 is 0 Å². The van der Waals surface area contributed by atoms with Gasteiger partial charge in [-0.3, -0.25) is 9.48 Å². The van der Waals surface area contributed by atoms with Crippen molar-refractivity contribution in [2.75, 3.05) is 0 Å². The normalized spacial score (nSPS) is 10.9. The third-order valence-corrected chi connectivity index (χ3v) is 4.94. The number of fused-ring (bicyclic) bond motifs is 1. The molecular formula is C24H24N4O2. The lowest BCUT2D eigenvalue weighted by Crippen LogP contribution is -2.23. The van der Waals surface area contributed by atoms with Crippen LogP contribution in [0.2, 0.25) is 0 Å². The number of aryl methyl sites for hydroxylation is 3. The Balaban J connectivity index is 1.46. The van der Waals surface area contributed by atoms with E-state index in [1.807, 2.05) is 81.6 Å². The number of nitrogens with zero attached hydrogens (tertiary/aromatic N) is 3. The van der Waals surface area contributed by atoms with Crippen molar-refractivity contribution < 1.29 is 9.53 Å². The van der Waals surface area contributed by atoms with Crippen molar-refractivity contribution in [3.63, 3.8) is 0 Å². The lowest BCUT2D eigenvalue weighted by atomic mass is 10.1. The largest absolute Gasteiger partial charge is 0.489 e. The van der Waals surface area contributed by atoms with Gasteiger partial charge in [-0.1, -0.05) is 42.5 Å². The number of benzene rings is 2. The minimum absolute atomic E-state index is 0.141. The number of aromatic nitrogens is 3. The molecule has 0 saturated heterocycles. The number of pyridine rings is 1. The Morgan fingerprint density at radius 2 is 1.80 bits per heavy atom. The lowest BCUT2D eigenvalue weighted by molar-refractivity contribution is 0.0952. The van der Waals surface area contributed by atoms with Crippen molar-refractivity contribution in [1.82, 2.24) is 20.1 Å². The maximum absolute atomic E-state index is 12.9. The fraction of sp³-hybridized carbons (Fsp3) is 0.208. The lowest BCUT2D eigenvalue weighted by Gasteiger charge is -2.10. The molecule has 0 bridgehead atoms. The predicted octanol–water partition coefficient (Wildman–Crippen LogP) is 4.09. The molecule has 2 heterocycles. The van der Waals surface area contributed by atoms with Crippen molar-refractivity contribution >= 4 is 16.9 Å². The predicted molar refractivity (Wildman–Crippen MR) is 116 cm³/mol. The Morgan fingerprint density at radius 1 is 1.03 bits per heavy atom. The molecule has 1 amide bonds. The van der Waals surface area contributed by atoms with Gasteiger partial charge in [0.2, 0.25) is 0 Å². The average Bonchev–Trinajstić information content (AvgIpc) is 3.04. The van der Waals surface area contributed by atoms with Crippen LogP contribution in [-0.4, -0.2) is 20.7 Å². The van der Waals surface area contributed by atoms with E-state index in [1.54, 1.807) is 4.68 Å². The zero-order chi connectivity index (χ0) is 21.1. The summed E-state index contributed by atoms with van der Waals surface area (Å²) in [5.41, 5.74) is 4.97. The molecule has 0 aliphatic carbocycles. The van der Waals surface area contributed by atoms with Crippen LogP contribution in [0.3, 0.4) is 0 Å². The number of hydrogen-bond acceptors (Lipinski definition) is 4. The highest BCUT2D eigenvalue weighted by Gasteiger charge is 2.17. The van der Waals surface area contributed by atoms with Crippen molar-refractivity contribution in [3.8, 4) is 5.75 Å². The second-order valence-electron chi connectivity index (χ2n) is 7.32. The Labute approximate surface area is 175 Å². The maximum atomic E-state index is 12.9. The van der Waals surface area contributed by atoms with Crippen LogP contribution in [0.5, 0.6) is 5.75 Å². The van der Waals surface area contributed by atoms with Crippen molar-refractivity contribution in [3.05, 3.63) is 88.7 Å². The first kappa shape index (κ1) is 19.6. The van der Waals surface area contributed by atoms with Gasteiger partial charge in [-0.15, -0.1) is 0 Å². The summed E-state index contributed by atoms with van der Waals surface area (Å²) in [6.45, 7) is 4.69. The van der Waals surface area contributed by atoms with Gasteiger partial charge >= 0.3 is 0 Å². The molecule has 0 saturated carbocycles. The maximum Gasteiger partial charge on any atom is 0.252 e. The number of carbonyl (C=O) groups is 1. The first-order chi connectivity index (χ1) is 14.5. The molecular weight excluding hydrogens is 376 g/mol. The van der Waals surface area contributed by atoms with Gasteiger partial charge in [0.1, 0.15) is 12.4 Å². The quantitative estimate of drug-likeness (QED) is 0.529. The SMILES string of the molecule is Cc1cc(C(=O)NCc2cccc(OCc3ccccc3)c2)c2c(C)nn(C)c2n1. The highest BCUT2D eigenvalue weighted by atomic mass is 16.5. The summed E-state index contributed by atoms with van der Waals surface area (Å²) in [6, 6.07) is 19.6. The van der Waals surface area contributed by atoms with E-state index in [1.165, 1.54) is 0 Å². The van der Waals surface area contributed by atoms with E-state index in [2.05, 4.69) is 15.4 Å². The first-order valence-electron chi connectivity index (χ1n) is 9.86. The molecule has 0 aliphatic heterocycles. The Bertz CT molecular complexity index is 1200. The third-order valence-electron chi connectivity index (χ3n) is 4.94. The smallest absolute Gasteiger partial charge is 0.252 e. The molecule has 6 nitrogen and oxygen atoms in total. The van der Waals surface area contributed by atoms with Gasteiger partial charge in [-0.2, -0.15) is 5.10 Å². The zero-order valence-electron chi connectivity index (χ0n) is 17.3. The van der Waals surface area contributed by atoms with E-state index in [-0.39, 0.29) is 5.91 Å². The van der Waals surface area contributed by atoms with Gasteiger partial charge in [0.05, 0.1) is 16.6 Å². The molecule has 2 aromatic carbocycles. The molecule has 0 aliphatic rings. The summed E-state index contributed by atoms with van der Waals surface area (Å²) in [4.78, 5) is 17.5. The minimum atomic E-state index is -0.141. The molecule has 152 valence electrons. The van der Waals surface area contributed by atoms with Crippen LogP contribution in [-0.2, 0) is 20.2 Å². The first-order valence-corrected chi connectivity index (χ1v) is 9.86. The Kier molecular flexibility index (Phi) is 5.48. The van der Waals surface area contributed by atoms with Gasteiger partial charge in [-0.25, -0.2) is 4.98 Å². The van der Waals surface area contributed by atoms with Crippen LogP contribution in [0.1, 0.15) is 32.9 Å². The monoisotopic (exact) mass is 400 g/mol. The number of nitrogens with one attached hydrogen (secondary N) is 1. The number of amides is 1. The van der Waals surface area contributed by atoms with Crippen LogP contribution in [0.4, 0.5) is 0 Å². The third kappa shape index (κ3) is 4.17. The van der Waals surface area contributed by atoms with Gasteiger partial charge in [0.15, 0.2) is 5.65 Å². The highest BCUT2D eigenvalue weighted by molar-refractivity contribution is 6.06. The van der Waals surface area contributed by atoms with Crippen LogP contribution in [0, 0.1) is 13.8 Å². The molecule has 0 unspecified atom stereocenters. The molecule has 0 spiro atoms. The molecule has 4 aromatic rings. The van der Waals surface area contributed by atoms with E-state index in [0.717, 1.165) is 33.7 Å². The number of carbonyl (C=O) groups excluding carboxylic acids is 1. The van der Waals surface area contributed by atoms with Crippen LogP contribution in [0.25, 0.3) is 11.0 Å². The molecule has 0 atom stereocenters. The summed E-state index contributed by atoms with van der Waals surface area (Å²) in [5.74, 6) is 0.632. The molecule has 0 fully saturated rings. The van der Waals surface area contributed by atoms with Gasteiger partial charge < -0.3 is 10.1 Å². The van der Waals surface area contributed by atoms with E-state index in [9.17, 15) is 4.79 Å². The van der Waals surface area contributed by atoms with Crippen molar-refractivity contribution in [2.45, 2.75) is 27.0 Å². The van der Waals surface area contributed by atoms with Crippen molar-refractivity contribution in [1.29, 1.82) is 0 Å². The molecule has 6 heteroatoms. The van der Waals surface area contributed by atoms with Gasteiger partial charge in [-0.05, 0) is 43.2 Å². The molecule has 2 aromatic heterocycles. The summed E-state index contributed by atoms with van der Waals surface area (Å²) in [5, 5.41) is 8.21. The van der Waals surface area contributed by atoms with Crippen LogP contribution < -0.4 is 10.1 Å². The van der Waals surface area contributed by atoms with Crippen molar-refractivity contribution in [2.24, 2.45) is 7.05 Å². The number of ether oxygens (including phenoxy) is 1. The summed E-state index contributed by atoms with van der Waals surface area (Å²) in [6.07, 6.45) is 0. The Morgan fingerprint density at radius 3 is 2.60 bits per heavy atom. The van der Waals surface area contributed by atoms with E-state index in [4.69, 9.17) is 4.74 Å². The second-order valence-corrected chi connectivity index (χ2v) is 7.32. The zero-order valence-corrected chi connectivity index (χ0v) is 17.3. The van der Waals surface area contributed by atoms with Gasteiger partial charge in [0.25, 0.3) is 5.91 Å². The summed E-state index contributed by atoms with van der Waals surface area (Å²) in [7, 11) is 1.84. The topological polar surface area (TPSA) is 69.0 Å². The van der Waals surface area contributed by atoms with Gasteiger partial charge in [0, 0.05) is 19.3 Å². The molecule has 0 radical (unpaired) electrons. The fourth-order valence-electron chi connectivity index (χ4n) is 3.51. The Hall–Kier alpha value is -3.67. The van der Waals surface area contributed by atoms with E-state index in [0.29, 0.717) is 24.4 Å². The second kappa shape index (κ2) is 8.37. The standard InChI is InChI=1S/C24H24N4O2/c1-16-12-21(22-17(2)27-28(3)23(22)26-16)24(29)25-14-19-10-7-11-20(13-19)30-15-18-8-5-4-6-9-18/h4-13H,14-15H2,1-3H3,(H,25,29). The summed E-state index contributed by atoms with van der Waals surface area (Å²) >= 11 is 0. The molecule has 1 N–H and O–H groups in total. The van der Waals surface area contributed by atoms with E-state index < -0.39 is 0 Å². The minimum Gasteiger partial charge on any atom is -0.489 e. The fourth-order valence-corrected chi connectivity index (χ4v) is 3.51. The van der Waals surface area contributed by atoms with Crippen LogP contribution in [0.15, 0.2) is 60.7 Å². The van der Waals surface area contributed by atoms with E-state index >= 15 is 0 Å². The molecule has 4 rings (SSSR count).